The van der Waals surface area contributed by atoms with Crippen LogP contribution in [0.5, 0.6) is 11.5 Å². The number of nitro benzene ring substituents is 1. The minimum absolute atomic E-state index is 0.136. The number of benzene rings is 3. The number of nitrogens with zero attached hydrogens (tertiary/aromatic N) is 2. The second kappa shape index (κ2) is 11.5. The molecular formula is C24H18BrN3O6. The molecule has 0 heterocycles. The molecule has 0 aliphatic carbocycles. The first kappa shape index (κ1) is 24.3. The maximum absolute atomic E-state index is 12.4. The maximum atomic E-state index is 12.4. The summed E-state index contributed by atoms with van der Waals surface area (Å²) in [4.78, 5) is 35.3. The van der Waals surface area contributed by atoms with Crippen LogP contribution in [0.25, 0.3) is 6.08 Å². The van der Waals surface area contributed by atoms with Crippen molar-refractivity contribution in [2.45, 2.75) is 0 Å². The number of nitro groups is 1. The van der Waals surface area contributed by atoms with Crippen molar-refractivity contribution in [3.05, 3.63) is 104 Å². The summed E-state index contributed by atoms with van der Waals surface area (Å²) in [5.41, 5.74) is 3.12. The van der Waals surface area contributed by atoms with Crippen LogP contribution < -0.4 is 14.9 Å². The molecule has 34 heavy (non-hydrogen) atoms. The van der Waals surface area contributed by atoms with Crippen LogP contribution in [0.1, 0.15) is 21.5 Å². The first-order valence-electron chi connectivity index (χ1n) is 9.77. The van der Waals surface area contributed by atoms with E-state index in [0.29, 0.717) is 16.9 Å². The van der Waals surface area contributed by atoms with Gasteiger partial charge < -0.3 is 9.47 Å². The van der Waals surface area contributed by atoms with Gasteiger partial charge in [0, 0.05) is 27.7 Å². The van der Waals surface area contributed by atoms with E-state index < -0.39 is 22.5 Å². The number of para-hydroxylation sites is 1. The monoisotopic (exact) mass is 523 g/mol. The van der Waals surface area contributed by atoms with Crippen LogP contribution in [-0.2, 0) is 4.79 Å². The first-order valence-corrected chi connectivity index (χ1v) is 10.6. The van der Waals surface area contributed by atoms with E-state index in [0.717, 1.165) is 10.5 Å². The van der Waals surface area contributed by atoms with Gasteiger partial charge in [0.15, 0.2) is 0 Å². The number of carbonyl (C=O) groups excluding carboxylic acids is 2. The number of rotatable bonds is 8. The molecule has 0 aliphatic rings. The molecule has 0 radical (unpaired) electrons. The van der Waals surface area contributed by atoms with Gasteiger partial charge in [-0.05, 0) is 54.1 Å². The first-order chi connectivity index (χ1) is 16.4. The van der Waals surface area contributed by atoms with Crippen LogP contribution in [0.3, 0.4) is 0 Å². The molecule has 0 unspecified atom stereocenters. The van der Waals surface area contributed by atoms with Crippen molar-refractivity contribution >= 4 is 45.8 Å². The topological polar surface area (TPSA) is 120 Å². The SMILES string of the molecule is COc1ccc(/C=C/C(=O)Oc2c(/C=N/NC(=O)c3ccc(Br)cc3)cccc2[N+](=O)[O-])cc1. The summed E-state index contributed by atoms with van der Waals surface area (Å²) in [5.74, 6) is -0.928. The highest BCUT2D eigenvalue weighted by Gasteiger charge is 2.20. The van der Waals surface area contributed by atoms with Gasteiger partial charge in [0.05, 0.1) is 18.2 Å². The molecule has 3 aromatic carbocycles. The van der Waals surface area contributed by atoms with Crippen LogP contribution >= 0.6 is 15.9 Å². The number of ether oxygens (including phenoxy) is 2. The summed E-state index contributed by atoms with van der Waals surface area (Å²) in [6.07, 6.45) is 3.82. The van der Waals surface area contributed by atoms with Crippen molar-refractivity contribution in [3.63, 3.8) is 0 Å². The highest BCUT2D eigenvalue weighted by atomic mass is 79.9. The molecule has 0 spiro atoms. The van der Waals surface area contributed by atoms with Crippen LogP contribution in [-0.4, -0.2) is 30.1 Å². The molecular weight excluding hydrogens is 506 g/mol. The lowest BCUT2D eigenvalue weighted by molar-refractivity contribution is -0.385. The molecule has 3 rings (SSSR count). The molecule has 0 aliphatic heterocycles. The number of nitrogens with one attached hydrogen (secondary N) is 1. The summed E-state index contributed by atoms with van der Waals surface area (Å²) in [7, 11) is 1.54. The van der Waals surface area contributed by atoms with Crippen LogP contribution in [0.2, 0.25) is 0 Å². The lowest BCUT2D eigenvalue weighted by Gasteiger charge is -2.06. The summed E-state index contributed by atoms with van der Waals surface area (Å²) < 4.78 is 11.2. The predicted molar refractivity (Wildman–Crippen MR) is 130 cm³/mol. The fourth-order valence-electron chi connectivity index (χ4n) is 2.74. The molecule has 0 saturated heterocycles. The number of halogens is 1. The second-order valence-corrected chi connectivity index (χ2v) is 7.60. The Kier molecular flexibility index (Phi) is 8.25. The highest BCUT2D eigenvalue weighted by Crippen LogP contribution is 2.30. The molecule has 10 heteroatoms. The molecule has 1 amide bonds. The Morgan fingerprint density at radius 1 is 1.06 bits per heavy atom. The van der Waals surface area contributed by atoms with Crippen molar-refractivity contribution in [1.29, 1.82) is 0 Å². The Balaban J connectivity index is 1.76. The van der Waals surface area contributed by atoms with Crippen molar-refractivity contribution in [2.75, 3.05) is 7.11 Å². The van der Waals surface area contributed by atoms with Gasteiger partial charge in [0.25, 0.3) is 5.91 Å². The third kappa shape index (κ3) is 6.59. The van der Waals surface area contributed by atoms with Gasteiger partial charge in [-0.25, -0.2) is 10.2 Å². The third-order valence-electron chi connectivity index (χ3n) is 4.43. The van der Waals surface area contributed by atoms with E-state index in [9.17, 15) is 19.7 Å². The average Bonchev–Trinajstić information content (AvgIpc) is 2.84. The van der Waals surface area contributed by atoms with E-state index >= 15 is 0 Å². The van der Waals surface area contributed by atoms with Gasteiger partial charge in [0.1, 0.15) is 5.75 Å². The number of carbonyl (C=O) groups is 2. The van der Waals surface area contributed by atoms with E-state index in [1.807, 2.05) is 0 Å². The molecule has 0 atom stereocenters. The van der Waals surface area contributed by atoms with Gasteiger partial charge in [-0.3, -0.25) is 14.9 Å². The number of methoxy groups -OCH3 is 1. The van der Waals surface area contributed by atoms with E-state index in [1.54, 1.807) is 55.6 Å². The number of amides is 1. The predicted octanol–water partition coefficient (Wildman–Crippen LogP) is 4.75. The van der Waals surface area contributed by atoms with Crippen LogP contribution in [0.4, 0.5) is 5.69 Å². The summed E-state index contributed by atoms with van der Waals surface area (Å²) >= 11 is 3.29. The molecule has 0 fully saturated rings. The van der Waals surface area contributed by atoms with E-state index in [-0.39, 0.29) is 11.3 Å². The summed E-state index contributed by atoms with van der Waals surface area (Å²) in [6.45, 7) is 0. The number of esters is 1. The lowest BCUT2D eigenvalue weighted by atomic mass is 10.2. The normalized spacial score (nSPS) is 10.9. The Morgan fingerprint density at radius 3 is 2.41 bits per heavy atom. The molecule has 172 valence electrons. The zero-order valence-electron chi connectivity index (χ0n) is 17.8. The number of hydrogen-bond acceptors (Lipinski definition) is 7. The van der Waals surface area contributed by atoms with Crippen LogP contribution in [0.15, 0.2) is 82.4 Å². The highest BCUT2D eigenvalue weighted by molar-refractivity contribution is 9.10. The standard InChI is InChI=1S/C24H18BrN3O6/c1-33-20-12-5-16(6-13-20)7-14-22(29)34-23-18(3-2-4-21(23)28(31)32)15-26-27-24(30)17-8-10-19(25)11-9-17/h2-15H,1H3,(H,27,30)/b14-7+,26-15+. The quantitative estimate of drug-likeness (QED) is 0.113. The molecule has 0 saturated carbocycles. The van der Waals surface area contributed by atoms with E-state index in [2.05, 4.69) is 26.5 Å². The molecule has 3 aromatic rings. The zero-order valence-corrected chi connectivity index (χ0v) is 19.4. The van der Waals surface area contributed by atoms with Gasteiger partial charge in [-0.1, -0.05) is 34.1 Å². The van der Waals surface area contributed by atoms with Gasteiger partial charge in [-0.2, -0.15) is 5.10 Å². The number of hydrogen-bond donors (Lipinski definition) is 1. The fourth-order valence-corrected chi connectivity index (χ4v) is 3.00. The van der Waals surface area contributed by atoms with Crippen molar-refractivity contribution in [1.82, 2.24) is 5.43 Å². The average molecular weight is 524 g/mol. The van der Waals surface area contributed by atoms with Gasteiger partial charge >= 0.3 is 11.7 Å². The van der Waals surface area contributed by atoms with E-state index in [4.69, 9.17) is 9.47 Å². The Hall–Kier alpha value is -4.31. The van der Waals surface area contributed by atoms with Gasteiger partial charge in [-0.15, -0.1) is 0 Å². The zero-order chi connectivity index (χ0) is 24.5. The molecule has 0 aromatic heterocycles. The largest absolute Gasteiger partial charge is 0.497 e. The minimum Gasteiger partial charge on any atom is -0.497 e. The Morgan fingerprint density at radius 2 is 1.76 bits per heavy atom. The van der Waals surface area contributed by atoms with Crippen molar-refractivity contribution in [3.8, 4) is 11.5 Å². The fraction of sp³-hybridized carbons (Fsp3) is 0.0417. The minimum atomic E-state index is -0.821. The smallest absolute Gasteiger partial charge is 0.336 e. The lowest BCUT2D eigenvalue weighted by Crippen LogP contribution is -2.17. The third-order valence-corrected chi connectivity index (χ3v) is 4.96. The van der Waals surface area contributed by atoms with Crippen LogP contribution in [0, 0.1) is 10.1 Å². The summed E-state index contributed by atoms with van der Waals surface area (Å²) in [6, 6.07) is 17.6. The van der Waals surface area contributed by atoms with Crippen molar-refractivity contribution in [2.24, 2.45) is 5.10 Å². The molecule has 9 nitrogen and oxygen atoms in total. The second-order valence-electron chi connectivity index (χ2n) is 6.69. The molecule has 1 N–H and O–H groups in total. The Bertz CT molecular complexity index is 1250. The maximum Gasteiger partial charge on any atom is 0.336 e. The molecule has 0 bridgehead atoms. The Labute approximate surface area is 203 Å². The van der Waals surface area contributed by atoms with Gasteiger partial charge in [0.2, 0.25) is 5.75 Å². The van der Waals surface area contributed by atoms with Crippen molar-refractivity contribution < 1.29 is 24.0 Å². The summed E-state index contributed by atoms with van der Waals surface area (Å²) in [5, 5.41) is 15.3. The number of hydrazone groups is 1. The van der Waals surface area contributed by atoms with E-state index in [1.165, 1.54) is 30.5 Å².